The first-order valence-electron chi connectivity index (χ1n) is 18.5. The fraction of sp³-hybridized carbons (Fsp3) is 0. The average molecular weight is 703 g/mol. The molecule has 0 spiro atoms. The highest BCUT2D eigenvalue weighted by molar-refractivity contribution is 6.10. The van der Waals surface area contributed by atoms with E-state index in [1.165, 1.54) is 21.9 Å². The number of para-hydroxylation sites is 1. The third-order valence-electron chi connectivity index (χ3n) is 10.2. The first kappa shape index (κ1) is 32.2. The standard InChI is InChI=1S/C51H34N4/c1-5-15-35(16-6-1)40-27-30-46-45-23-13-14-24-47(45)55(48(46)34-40)44-28-25-39(26-29-44)50-52-49(38-21-11-4-12-22-38)53-51(54-50)43-32-41(36-17-7-2-8-18-36)31-42(33-43)37-19-9-3-10-20-37/h1-34H. The SMILES string of the molecule is c1ccc(-c2cc(-c3ccccc3)cc(-c3nc(-c4ccccc4)nc(-c4ccc(-n5c6ccccc6c6ccc(-c7ccccc7)cc65)cc4)n3)c2)cc1. The van der Waals surface area contributed by atoms with Crippen molar-refractivity contribution in [3.05, 3.63) is 206 Å². The van der Waals surface area contributed by atoms with E-state index in [-0.39, 0.29) is 0 Å². The summed E-state index contributed by atoms with van der Waals surface area (Å²) < 4.78 is 2.36. The number of aromatic nitrogens is 4. The van der Waals surface area contributed by atoms with Crippen LogP contribution in [-0.4, -0.2) is 19.5 Å². The molecule has 4 nitrogen and oxygen atoms in total. The third-order valence-corrected chi connectivity index (χ3v) is 10.2. The maximum atomic E-state index is 5.18. The van der Waals surface area contributed by atoms with Crippen molar-refractivity contribution in [1.82, 2.24) is 19.5 Å². The highest BCUT2D eigenvalue weighted by Gasteiger charge is 2.17. The van der Waals surface area contributed by atoms with Gasteiger partial charge in [-0.3, -0.25) is 0 Å². The Bertz CT molecular complexity index is 2880. The number of benzene rings is 8. The van der Waals surface area contributed by atoms with Gasteiger partial charge in [-0.15, -0.1) is 0 Å². The maximum Gasteiger partial charge on any atom is 0.164 e. The lowest BCUT2D eigenvalue weighted by Gasteiger charge is -2.13. The second-order valence-corrected chi connectivity index (χ2v) is 13.7. The molecule has 0 aliphatic rings. The van der Waals surface area contributed by atoms with Crippen LogP contribution >= 0.6 is 0 Å². The summed E-state index contributed by atoms with van der Waals surface area (Å²) in [5, 5.41) is 2.45. The van der Waals surface area contributed by atoms with Gasteiger partial charge in [-0.2, -0.15) is 0 Å². The molecule has 0 atom stereocenters. The number of nitrogens with zero attached hydrogens (tertiary/aromatic N) is 4. The van der Waals surface area contributed by atoms with Gasteiger partial charge in [0.05, 0.1) is 11.0 Å². The molecule has 0 saturated carbocycles. The summed E-state index contributed by atoms with van der Waals surface area (Å²) in [6, 6.07) is 72.3. The number of hydrogen-bond acceptors (Lipinski definition) is 3. The van der Waals surface area contributed by atoms with E-state index >= 15 is 0 Å². The van der Waals surface area contributed by atoms with Crippen LogP contribution in [0.2, 0.25) is 0 Å². The highest BCUT2D eigenvalue weighted by Crippen LogP contribution is 2.36. The zero-order valence-electron chi connectivity index (χ0n) is 29.9. The minimum Gasteiger partial charge on any atom is -0.309 e. The van der Waals surface area contributed by atoms with Gasteiger partial charge in [-0.05, 0) is 88.0 Å². The van der Waals surface area contributed by atoms with Gasteiger partial charge in [0.2, 0.25) is 0 Å². The van der Waals surface area contributed by atoms with Crippen molar-refractivity contribution in [3.8, 4) is 73.2 Å². The summed E-state index contributed by atoms with van der Waals surface area (Å²) in [7, 11) is 0. The molecule has 4 heteroatoms. The molecule has 2 heterocycles. The van der Waals surface area contributed by atoms with Crippen molar-refractivity contribution in [2.75, 3.05) is 0 Å². The van der Waals surface area contributed by atoms with Gasteiger partial charge in [-0.25, -0.2) is 15.0 Å². The summed E-state index contributed by atoms with van der Waals surface area (Å²) in [5.41, 5.74) is 13.0. The molecule has 0 radical (unpaired) electrons. The van der Waals surface area contributed by atoms with Crippen molar-refractivity contribution in [1.29, 1.82) is 0 Å². The van der Waals surface area contributed by atoms with Gasteiger partial charge in [0.15, 0.2) is 17.5 Å². The van der Waals surface area contributed by atoms with E-state index in [4.69, 9.17) is 15.0 Å². The molecule has 258 valence electrons. The normalized spacial score (nSPS) is 11.3. The molecule has 0 aliphatic heterocycles. The van der Waals surface area contributed by atoms with Crippen LogP contribution in [0.3, 0.4) is 0 Å². The van der Waals surface area contributed by atoms with Crippen molar-refractivity contribution < 1.29 is 0 Å². The van der Waals surface area contributed by atoms with E-state index in [2.05, 4.69) is 168 Å². The molecule has 0 amide bonds. The Balaban J connectivity index is 1.12. The molecule has 0 saturated heterocycles. The Labute approximate surface area is 319 Å². The molecule has 0 bridgehead atoms. The molecule has 0 fully saturated rings. The van der Waals surface area contributed by atoms with Crippen LogP contribution in [0.1, 0.15) is 0 Å². The first-order chi connectivity index (χ1) is 27.2. The molecule has 10 rings (SSSR count). The van der Waals surface area contributed by atoms with Crippen molar-refractivity contribution in [2.24, 2.45) is 0 Å². The lowest BCUT2D eigenvalue weighted by atomic mass is 9.96. The molecule has 2 aromatic heterocycles. The number of rotatable bonds is 7. The Morgan fingerprint density at radius 1 is 0.255 bits per heavy atom. The number of fused-ring (bicyclic) bond motifs is 3. The molecule has 0 N–H and O–H groups in total. The largest absolute Gasteiger partial charge is 0.309 e. The van der Waals surface area contributed by atoms with Crippen LogP contribution in [0.4, 0.5) is 0 Å². The second kappa shape index (κ2) is 13.8. The van der Waals surface area contributed by atoms with E-state index in [0.717, 1.165) is 55.7 Å². The van der Waals surface area contributed by atoms with Gasteiger partial charge in [0.25, 0.3) is 0 Å². The predicted molar refractivity (Wildman–Crippen MR) is 227 cm³/mol. The topological polar surface area (TPSA) is 43.6 Å². The lowest BCUT2D eigenvalue weighted by Crippen LogP contribution is -2.01. The van der Waals surface area contributed by atoms with E-state index in [1.807, 2.05) is 42.5 Å². The van der Waals surface area contributed by atoms with E-state index < -0.39 is 0 Å². The summed E-state index contributed by atoms with van der Waals surface area (Å²) in [4.78, 5) is 15.3. The first-order valence-corrected chi connectivity index (χ1v) is 18.5. The van der Waals surface area contributed by atoms with Gasteiger partial charge in [0, 0.05) is 33.2 Å². The summed E-state index contributed by atoms with van der Waals surface area (Å²) >= 11 is 0. The minimum absolute atomic E-state index is 0.621. The Morgan fingerprint density at radius 3 is 1.22 bits per heavy atom. The van der Waals surface area contributed by atoms with Crippen molar-refractivity contribution >= 4 is 21.8 Å². The van der Waals surface area contributed by atoms with Gasteiger partial charge >= 0.3 is 0 Å². The van der Waals surface area contributed by atoms with Crippen LogP contribution < -0.4 is 0 Å². The quantitative estimate of drug-likeness (QED) is 0.166. The fourth-order valence-corrected chi connectivity index (χ4v) is 7.52. The van der Waals surface area contributed by atoms with Crippen LogP contribution in [0.25, 0.3) is 95.0 Å². The van der Waals surface area contributed by atoms with E-state index in [0.29, 0.717) is 17.5 Å². The average Bonchev–Trinajstić information content (AvgIpc) is 3.61. The smallest absolute Gasteiger partial charge is 0.164 e. The van der Waals surface area contributed by atoms with E-state index in [9.17, 15) is 0 Å². The monoisotopic (exact) mass is 702 g/mol. The van der Waals surface area contributed by atoms with E-state index in [1.54, 1.807) is 0 Å². The zero-order chi connectivity index (χ0) is 36.6. The van der Waals surface area contributed by atoms with Crippen LogP contribution in [-0.2, 0) is 0 Å². The summed E-state index contributed by atoms with van der Waals surface area (Å²) in [6.07, 6.45) is 0. The Hall–Kier alpha value is -7.43. The summed E-state index contributed by atoms with van der Waals surface area (Å²) in [6.45, 7) is 0. The molecular formula is C51H34N4. The molecule has 8 aromatic carbocycles. The molecular weight excluding hydrogens is 669 g/mol. The van der Waals surface area contributed by atoms with Crippen LogP contribution in [0.15, 0.2) is 206 Å². The minimum atomic E-state index is 0.621. The second-order valence-electron chi connectivity index (χ2n) is 13.7. The zero-order valence-corrected chi connectivity index (χ0v) is 29.9. The van der Waals surface area contributed by atoms with Crippen molar-refractivity contribution in [3.63, 3.8) is 0 Å². The molecule has 55 heavy (non-hydrogen) atoms. The van der Waals surface area contributed by atoms with Crippen LogP contribution in [0, 0.1) is 0 Å². The lowest BCUT2D eigenvalue weighted by molar-refractivity contribution is 1.07. The predicted octanol–water partition coefficient (Wildman–Crippen LogP) is 13.0. The van der Waals surface area contributed by atoms with Crippen LogP contribution in [0.5, 0.6) is 0 Å². The van der Waals surface area contributed by atoms with Gasteiger partial charge < -0.3 is 4.57 Å². The van der Waals surface area contributed by atoms with Gasteiger partial charge in [0.1, 0.15) is 0 Å². The molecule has 0 aliphatic carbocycles. The molecule has 0 unspecified atom stereocenters. The fourth-order valence-electron chi connectivity index (χ4n) is 7.52. The highest BCUT2D eigenvalue weighted by atomic mass is 15.0. The van der Waals surface area contributed by atoms with Crippen molar-refractivity contribution in [2.45, 2.75) is 0 Å². The maximum absolute atomic E-state index is 5.18. The Kier molecular flexibility index (Phi) is 8.12. The number of hydrogen-bond donors (Lipinski definition) is 0. The summed E-state index contributed by atoms with van der Waals surface area (Å²) in [5.74, 6) is 1.88. The third kappa shape index (κ3) is 6.16. The molecule has 10 aromatic rings. The van der Waals surface area contributed by atoms with Gasteiger partial charge in [-0.1, -0.05) is 152 Å². The Morgan fingerprint density at radius 2 is 0.655 bits per heavy atom.